The van der Waals surface area contributed by atoms with Crippen molar-refractivity contribution in [3.05, 3.63) is 12.5 Å². The largest absolute Gasteiger partial charge is 0.496 e. The van der Waals surface area contributed by atoms with Crippen LogP contribution in [0.3, 0.4) is 0 Å². The van der Waals surface area contributed by atoms with Crippen molar-refractivity contribution in [2.24, 2.45) is 0 Å². The van der Waals surface area contributed by atoms with Crippen molar-refractivity contribution >= 4 is 6.29 Å². The van der Waals surface area contributed by atoms with E-state index in [1.165, 1.54) is 12.5 Å². The Balaban J connectivity index is 3.04. The van der Waals surface area contributed by atoms with E-state index >= 15 is 0 Å². The lowest BCUT2D eigenvalue weighted by Gasteiger charge is -2.07. The topological polar surface area (TPSA) is 100 Å². The highest BCUT2D eigenvalue weighted by Crippen LogP contribution is 1.86. The molecule has 0 aromatic carbocycles. The fraction of sp³-hybridized carbons (Fsp3) is 0.842. The van der Waals surface area contributed by atoms with Gasteiger partial charge >= 0.3 is 0 Å². The zero-order valence-corrected chi connectivity index (χ0v) is 17.4. The van der Waals surface area contributed by atoms with Crippen LogP contribution in [0.15, 0.2) is 12.5 Å². The van der Waals surface area contributed by atoms with Crippen LogP contribution in [0.2, 0.25) is 0 Å². The summed E-state index contributed by atoms with van der Waals surface area (Å²) in [5.74, 6) is 0. The molecule has 0 atom stereocenters. The highest BCUT2D eigenvalue weighted by Gasteiger charge is 1.93. The average molecular weight is 424 g/mol. The first-order chi connectivity index (χ1) is 14.4. The van der Waals surface area contributed by atoms with Gasteiger partial charge in [-0.05, 0) is 0 Å². The molecule has 0 saturated heterocycles. The molecule has 10 nitrogen and oxygen atoms in total. The second-order valence-corrected chi connectivity index (χ2v) is 5.31. The maximum atomic E-state index is 10.0. The molecule has 0 spiro atoms. The molecule has 0 rings (SSSR count). The highest BCUT2D eigenvalue weighted by atomic mass is 16.6. The third-order valence-corrected chi connectivity index (χ3v) is 3.04. The van der Waals surface area contributed by atoms with Crippen molar-refractivity contribution in [3.8, 4) is 0 Å². The van der Waals surface area contributed by atoms with E-state index in [1.54, 1.807) is 7.11 Å². The lowest BCUT2D eigenvalue weighted by atomic mass is 10.7. The lowest BCUT2D eigenvalue weighted by molar-refractivity contribution is -0.112. The number of ether oxygens (including phenoxy) is 9. The van der Waals surface area contributed by atoms with E-state index in [4.69, 9.17) is 42.6 Å². The molecule has 0 aliphatic heterocycles. The summed E-state index contributed by atoms with van der Waals surface area (Å²) in [4.78, 5) is 10.0. The summed E-state index contributed by atoms with van der Waals surface area (Å²) in [5, 5.41) is 0. The quantitative estimate of drug-likeness (QED) is 0.117. The highest BCUT2D eigenvalue weighted by molar-refractivity contribution is 5.50. The Morgan fingerprint density at radius 2 is 0.828 bits per heavy atom. The minimum Gasteiger partial charge on any atom is -0.496 e. The summed E-state index contributed by atoms with van der Waals surface area (Å²) in [6.07, 6.45) is 3.67. The van der Waals surface area contributed by atoms with Gasteiger partial charge in [-0.3, -0.25) is 0 Å². The van der Waals surface area contributed by atoms with Gasteiger partial charge in [0.1, 0.15) is 38.6 Å². The summed E-state index contributed by atoms with van der Waals surface area (Å²) in [5.41, 5.74) is 0. The van der Waals surface area contributed by atoms with Crippen LogP contribution < -0.4 is 0 Å². The summed E-state index contributed by atoms with van der Waals surface area (Å²) in [6.45, 7) is 6.93. The molecule has 0 saturated carbocycles. The molecule has 0 aromatic heterocycles. The number of methoxy groups -OCH3 is 1. The second-order valence-electron chi connectivity index (χ2n) is 5.31. The molecule has 0 aliphatic rings. The average Bonchev–Trinajstić information content (AvgIpc) is 2.74. The lowest BCUT2D eigenvalue weighted by Crippen LogP contribution is -2.14. The Bertz CT molecular complexity index is 341. The third-order valence-electron chi connectivity index (χ3n) is 3.04. The molecule has 0 radical (unpaired) electrons. The zero-order valence-electron chi connectivity index (χ0n) is 17.4. The molecule has 0 amide bonds. The molecule has 10 heteroatoms. The van der Waals surface area contributed by atoms with Crippen LogP contribution in [-0.2, 0) is 47.4 Å². The fourth-order valence-corrected chi connectivity index (χ4v) is 1.68. The van der Waals surface area contributed by atoms with Crippen molar-refractivity contribution in [1.29, 1.82) is 0 Å². The van der Waals surface area contributed by atoms with Crippen LogP contribution in [0, 0.1) is 0 Å². The summed E-state index contributed by atoms with van der Waals surface area (Å²) >= 11 is 0. The van der Waals surface area contributed by atoms with E-state index in [0.717, 1.165) is 0 Å². The van der Waals surface area contributed by atoms with Gasteiger partial charge < -0.3 is 47.4 Å². The first kappa shape index (κ1) is 27.7. The molecule has 0 N–H and O–H groups in total. The van der Waals surface area contributed by atoms with E-state index < -0.39 is 0 Å². The minimum absolute atomic E-state index is 0.104. The minimum atomic E-state index is 0.104. The fourth-order valence-electron chi connectivity index (χ4n) is 1.68. The van der Waals surface area contributed by atoms with Gasteiger partial charge in [-0.15, -0.1) is 0 Å². The van der Waals surface area contributed by atoms with E-state index in [0.29, 0.717) is 98.8 Å². The molecule has 29 heavy (non-hydrogen) atoms. The number of hydrogen-bond acceptors (Lipinski definition) is 10. The predicted octanol–water partition coefficient (Wildman–Crippen LogP) is 0.436. The zero-order chi connectivity index (χ0) is 21.1. The molecule has 0 heterocycles. The molecule has 172 valence electrons. The number of aldehydes is 1. The van der Waals surface area contributed by atoms with E-state index in [9.17, 15) is 4.79 Å². The second kappa shape index (κ2) is 26.7. The first-order valence-corrected chi connectivity index (χ1v) is 9.69. The molecular weight excluding hydrogens is 388 g/mol. The van der Waals surface area contributed by atoms with Crippen molar-refractivity contribution in [3.63, 3.8) is 0 Å². The summed E-state index contributed by atoms with van der Waals surface area (Å²) < 4.78 is 46.8. The monoisotopic (exact) mass is 424 g/mol. The van der Waals surface area contributed by atoms with Crippen LogP contribution in [0.25, 0.3) is 0 Å². The maximum absolute atomic E-state index is 10.0. The molecular formula is C19H36O10. The summed E-state index contributed by atoms with van der Waals surface area (Å²) in [7, 11) is 1.63. The molecule has 0 fully saturated rings. The molecule has 0 aliphatic carbocycles. The van der Waals surface area contributed by atoms with Gasteiger partial charge in [0.25, 0.3) is 0 Å². The van der Waals surface area contributed by atoms with Crippen molar-refractivity contribution < 1.29 is 47.4 Å². The van der Waals surface area contributed by atoms with Crippen molar-refractivity contribution in [2.75, 3.05) is 106 Å². The molecule has 0 bridgehead atoms. The third kappa shape index (κ3) is 26.7. The van der Waals surface area contributed by atoms with Gasteiger partial charge in [-0.25, -0.2) is 0 Å². The number of rotatable bonds is 25. The Kier molecular flexibility index (Phi) is 25.6. The smallest absolute Gasteiger partial charge is 0.145 e. The van der Waals surface area contributed by atoms with Gasteiger partial charge in [0.05, 0.1) is 79.3 Å². The first-order valence-electron chi connectivity index (χ1n) is 9.69. The number of carbonyl (C=O) groups is 1. The normalized spacial score (nSPS) is 11.2. The van der Waals surface area contributed by atoms with E-state index in [-0.39, 0.29) is 6.61 Å². The van der Waals surface area contributed by atoms with Gasteiger partial charge in [0.2, 0.25) is 0 Å². The van der Waals surface area contributed by atoms with Crippen LogP contribution >= 0.6 is 0 Å². The van der Waals surface area contributed by atoms with Crippen LogP contribution in [0.4, 0.5) is 0 Å². The van der Waals surface area contributed by atoms with Crippen molar-refractivity contribution in [1.82, 2.24) is 0 Å². The Hall–Kier alpha value is -1.27. The van der Waals surface area contributed by atoms with Crippen LogP contribution in [0.5, 0.6) is 0 Å². The Labute approximate surface area is 173 Å². The number of hydrogen-bond donors (Lipinski definition) is 0. The Morgan fingerprint density at radius 3 is 1.21 bits per heavy atom. The van der Waals surface area contributed by atoms with Crippen LogP contribution in [-0.4, -0.2) is 112 Å². The Morgan fingerprint density at radius 1 is 0.483 bits per heavy atom. The van der Waals surface area contributed by atoms with Gasteiger partial charge in [0, 0.05) is 7.11 Å². The summed E-state index contributed by atoms with van der Waals surface area (Å²) in [6, 6.07) is 0. The van der Waals surface area contributed by atoms with Gasteiger partial charge in [-0.2, -0.15) is 0 Å². The SMILES string of the molecule is COCCOCCO/C=C/OCCOCCOCCOCCOCCOCC=O. The van der Waals surface area contributed by atoms with E-state index in [1.807, 2.05) is 0 Å². The number of carbonyl (C=O) groups excluding carboxylic acids is 1. The van der Waals surface area contributed by atoms with Gasteiger partial charge in [0.15, 0.2) is 0 Å². The van der Waals surface area contributed by atoms with Crippen LogP contribution in [0.1, 0.15) is 0 Å². The van der Waals surface area contributed by atoms with Crippen molar-refractivity contribution in [2.45, 2.75) is 0 Å². The standard InChI is InChI=1S/C19H36O10/c1-21-4-5-23-8-9-25-12-13-27-16-17-29-19-18-28-15-14-26-11-10-24-7-6-22-3-2-20/h2,12-13H,3-11,14-19H2,1H3/b13-12+. The molecule has 0 aromatic rings. The van der Waals surface area contributed by atoms with Gasteiger partial charge in [-0.1, -0.05) is 0 Å². The van der Waals surface area contributed by atoms with E-state index in [2.05, 4.69) is 0 Å². The maximum Gasteiger partial charge on any atom is 0.145 e. The molecule has 0 unspecified atom stereocenters. The predicted molar refractivity (Wildman–Crippen MR) is 104 cm³/mol.